The zero-order valence-electron chi connectivity index (χ0n) is 7.03. The molecule has 0 aromatic carbocycles. The predicted molar refractivity (Wildman–Crippen MR) is 42.9 cm³/mol. The third kappa shape index (κ3) is 1.48. The molecule has 0 amide bonds. The maximum Gasteiger partial charge on any atom is 0.478 e. The number of halogens is 3. The van der Waals surface area contributed by atoms with E-state index in [-0.39, 0.29) is 5.92 Å². The van der Waals surface area contributed by atoms with E-state index >= 15 is 0 Å². The molecule has 0 heterocycles. The van der Waals surface area contributed by atoms with Crippen LogP contribution >= 0.6 is 0 Å². The highest BCUT2D eigenvalue weighted by Gasteiger charge is 2.49. The van der Waals surface area contributed by atoms with Crippen molar-refractivity contribution in [3.8, 4) is 0 Å². The summed E-state index contributed by atoms with van der Waals surface area (Å²) >= 11 is 0. The van der Waals surface area contributed by atoms with Gasteiger partial charge in [0, 0.05) is 0 Å². The van der Waals surface area contributed by atoms with Crippen LogP contribution in [0.4, 0.5) is 12.9 Å². The van der Waals surface area contributed by atoms with E-state index in [1.54, 1.807) is 0 Å². The van der Waals surface area contributed by atoms with Crippen molar-refractivity contribution in [3.63, 3.8) is 0 Å². The van der Waals surface area contributed by atoms with Crippen molar-refractivity contribution in [3.05, 3.63) is 0 Å². The van der Waals surface area contributed by atoms with E-state index in [1.165, 1.54) is 19.3 Å². The van der Waals surface area contributed by atoms with E-state index in [4.69, 9.17) is 0 Å². The van der Waals surface area contributed by atoms with Gasteiger partial charge < -0.3 is 12.9 Å². The van der Waals surface area contributed by atoms with Crippen LogP contribution in [0.25, 0.3) is 0 Å². The minimum atomic E-state index is -4.52. The van der Waals surface area contributed by atoms with Gasteiger partial charge in [-0.15, -0.1) is 0 Å². The van der Waals surface area contributed by atoms with Crippen molar-refractivity contribution in [2.45, 2.75) is 38.4 Å². The van der Waals surface area contributed by atoms with Crippen LogP contribution in [-0.2, 0) is 0 Å². The second kappa shape index (κ2) is 2.42. The van der Waals surface area contributed by atoms with Gasteiger partial charge in [0.1, 0.15) is 0 Å². The summed E-state index contributed by atoms with van der Waals surface area (Å²) in [5.74, 6) is -0.0229. The summed E-state index contributed by atoms with van der Waals surface area (Å²) in [6.07, 6.45) is 4.84. The molecule has 2 saturated carbocycles. The average Bonchev–Trinajstić information content (AvgIpc) is 1.69. The van der Waals surface area contributed by atoms with Crippen molar-refractivity contribution in [1.82, 2.24) is 0 Å². The molecule has 12 heavy (non-hydrogen) atoms. The normalized spacial score (nSPS) is 28.2. The van der Waals surface area contributed by atoms with Gasteiger partial charge in [0.2, 0.25) is 0 Å². The standard InChI is InChI=1S/C8H13BF3/c10-9(11,12)6-7-4-8(5-7)2-1-3-8/h7H,1-6H2/q-1. The van der Waals surface area contributed by atoms with E-state index in [0.717, 1.165) is 12.8 Å². The van der Waals surface area contributed by atoms with Crippen LogP contribution in [0.15, 0.2) is 0 Å². The Balaban J connectivity index is 1.74. The molecule has 0 aliphatic heterocycles. The van der Waals surface area contributed by atoms with Crippen LogP contribution in [0.5, 0.6) is 0 Å². The van der Waals surface area contributed by atoms with E-state index in [9.17, 15) is 12.9 Å². The lowest BCUT2D eigenvalue weighted by Crippen LogP contribution is -2.44. The van der Waals surface area contributed by atoms with Crippen LogP contribution in [0, 0.1) is 11.3 Å². The lowest BCUT2D eigenvalue weighted by molar-refractivity contribution is -0.0188. The van der Waals surface area contributed by atoms with E-state index < -0.39 is 13.3 Å². The Hall–Kier alpha value is -0.145. The van der Waals surface area contributed by atoms with Gasteiger partial charge in [-0.3, -0.25) is 0 Å². The number of rotatable bonds is 2. The average molecular weight is 177 g/mol. The van der Waals surface area contributed by atoms with Gasteiger partial charge in [0.05, 0.1) is 0 Å². The van der Waals surface area contributed by atoms with Gasteiger partial charge in [0.15, 0.2) is 0 Å². The molecule has 1 spiro atoms. The lowest BCUT2D eigenvalue weighted by Gasteiger charge is -2.55. The Morgan fingerprint density at radius 2 is 1.75 bits per heavy atom. The molecule has 0 aromatic rings. The van der Waals surface area contributed by atoms with Crippen molar-refractivity contribution in [2.75, 3.05) is 0 Å². The summed E-state index contributed by atoms with van der Waals surface area (Å²) in [5.41, 5.74) is 0.395. The monoisotopic (exact) mass is 177 g/mol. The van der Waals surface area contributed by atoms with E-state index in [1.807, 2.05) is 0 Å². The molecule has 0 nitrogen and oxygen atoms in total. The van der Waals surface area contributed by atoms with Crippen molar-refractivity contribution < 1.29 is 12.9 Å². The van der Waals surface area contributed by atoms with Crippen molar-refractivity contribution in [1.29, 1.82) is 0 Å². The minimum Gasteiger partial charge on any atom is -0.449 e. The highest BCUT2D eigenvalue weighted by Crippen LogP contribution is 2.60. The largest absolute Gasteiger partial charge is 0.478 e. The van der Waals surface area contributed by atoms with Gasteiger partial charge in [-0.1, -0.05) is 18.7 Å². The molecule has 0 atom stereocenters. The summed E-state index contributed by atoms with van der Waals surface area (Å²) in [5, 5.41) is 0. The fraction of sp³-hybridized carbons (Fsp3) is 1.00. The van der Waals surface area contributed by atoms with Crippen LogP contribution in [0.1, 0.15) is 32.1 Å². The highest BCUT2D eigenvalue weighted by atomic mass is 19.4. The Bertz CT molecular complexity index is 175. The van der Waals surface area contributed by atoms with Crippen LogP contribution in [0.2, 0.25) is 6.32 Å². The molecule has 4 heteroatoms. The summed E-state index contributed by atoms with van der Waals surface area (Å²) in [4.78, 5) is 0. The molecule has 2 fully saturated rings. The maximum atomic E-state index is 12.0. The van der Waals surface area contributed by atoms with Gasteiger partial charge in [-0.2, -0.15) is 0 Å². The molecule has 0 radical (unpaired) electrons. The van der Waals surface area contributed by atoms with Gasteiger partial charge >= 0.3 is 6.98 Å². The Labute approximate surface area is 70.6 Å². The first-order valence-corrected chi connectivity index (χ1v) is 4.70. The topological polar surface area (TPSA) is 0 Å². The van der Waals surface area contributed by atoms with Crippen LogP contribution < -0.4 is 0 Å². The highest BCUT2D eigenvalue weighted by molar-refractivity contribution is 6.58. The van der Waals surface area contributed by atoms with E-state index in [2.05, 4.69) is 0 Å². The smallest absolute Gasteiger partial charge is 0.449 e. The summed E-state index contributed by atoms with van der Waals surface area (Å²) < 4.78 is 35.9. The zero-order valence-corrected chi connectivity index (χ0v) is 7.03. The molecule has 0 aromatic heterocycles. The molecular weight excluding hydrogens is 164 g/mol. The molecule has 0 bridgehead atoms. The first-order valence-electron chi connectivity index (χ1n) is 4.70. The second-order valence-electron chi connectivity index (χ2n) is 4.57. The maximum absolute atomic E-state index is 12.0. The quantitative estimate of drug-likeness (QED) is 0.567. The summed E-state index contributed by atoms with van der Waals surface area (Å²) in [6.45, 7) is -4.52. The minimum absolute atomic E-state index is 0.0229. The first-order chi connectivity index (χ1) is 5.49. The molecule has 70 valence electrons. The van der Waals surface area contributed by atoms with Crippen molar-refractivity contribution in [2.24, 2.45) is 11.3 Å². The number of hydrogen-bond donors (Lipinski definition) is 0. The van der Waals surface area contributed by atoms with Gasteiger partial charge in [0.25, 0.3) is 0 Å². The lowest BCUT2D eigenvalue weighted by atomic mass is 9.49. The zero-order chi connectivity index (χ0) is 8.82. The van der Waals surface area contributed by atoms with Crippen LogP contribution in [0.3, 0.4) is 0 Å². The van der Waals surface area contributed by atoms with Gasteiger partial charge in [-0.25, -0.2) is 0 Å². The van der Waals surface area contributed by atoms with E-state index in [0.29, 0.717) is 5.41 Å². The third-order valence-electron chi connectivity index (χ3n) is 3.46. The second-order valence-corrected chi connectivity index (χ2v) is 4.57. The predicted octanol–water partition coefficient (Wildman–Crippen LogP) is 3.41. The SMILES string of the molecule is F[B-](F)(F)CC1CC2(CCC2)C1. The van der Waals surface area contributed by atoms with Crippen molar-refractivity contribution >= 4 is 6.98 Å². The fourth-order valence-electron chi connectivity index (χ4n) is 2.79. The Morgan fingerprint density at radius 3 is 2.08 bits per heavy atom. The summed E-state index contributed by atoms with van der Waals surface area (Å²) in [6, 6.07) is 0. The first kappa shape index (κ1) is 8.45. The molecule has 2 aliphatic carbocycles. The molecule has 0 N–H and O–H groups in total. The molecular formula is C8H13BF3-. The Kier molecular flexibility index (Phi) is 1.71. The fourth-order valence-corrected chi connectivity index (χ4v) is 2.79. The van der Waals surface area contributed by atoms with Crippen LogP contribution in [-0.4, -0.2) is 6.98 Å². The van der Waals surface area contributed by atoms with Gasteiger partial charge in [-0.05, 0) is 31.1 Å². The molecule has 2 rings (SSSR count). The molecule has 0 unspecified atom stereocenters. The third-order valence-corrected chi connectivity index (χ3v) is 3.46. The molecule has 2 aliphatic rings. The Morgan fingerprint density at radius 1 is 1.17 bits per heavy atom. The summed E-state index contributed by atoms with van der Waals surface area (Å²) in [7, 11) is 0. The number of hydrogen-bond acceptors (Lipinski definition) is 0. The molecule has 0 saturated heterocycles.